The van der Waals surface area contributed by atoms with Crippen molar-refractivity contribution in [1.82, 2.24) is 0 Å². The Bertz CT molecular complexity index is 451. The average molecular weight is 334 g/mol. The number of rotatable bonds is 7. The summed E-state index contributed by atoms with van der Waals surface area (Å²) < 4.78 is 27.8. The van der Waals surface area contributed by atoms with E-state index in [9.17, 15) is 14.5 Å². The minimum Gasteiger partial charge on any atom is -0.463 e. The lowest BCUT2D eigenvalue weighted by atomic mass is 9.82. The molecule has 1 aliphatic rings. The first kappa shape index (κ1) is 19.4. The van der Waals surface area contributed by atoms with Crippen LogP contribution in [0.2, 0.25) is 0 Å². The first-order chi connectivity index (χ1) is 10.3. The minimum atomic E-state index is -3.42. The molecule has 0 radical (unpaired) electrons. The van der Waals surface area contributed by atoms with Crippen molar-refractivity contribution in [2.24, 2.45) is 11.8 Å². The van der Waals surface area contributed by atoms with Crippen LogP contribution in [0, 0.1) is 11.8 Å². The van der Waals surface area contributed by atoms with Crippen LogP contribution in [0.1, 0.15) is 33.6 Å². The van der Waals surface area contributed by atoms with Gasteiger partial charge in [0.15, 0.2) is 0 Å². The van der Waals surface area contributed by atoms with Gasteiger partial charge in [-0.15, -0.1) is 0 Å². The van der Waals surface area contributed by atoms with Crippen LogP contribution in [0.3, 0.4) is 0 Å². The third-order valence-corrected chi connectivity index (χ3v) is 6.37. The van der Waals surface area contributed by atoms with Crippen molar-refractivity contribution in [1.29, 1.82) is 0 Å². The van der Waals surface area contributed by atoms with Crippen LogP contribution < -0.4 is 0 Å². The Hall–Kier alpha value is -0.680. The van der Waals surface area contributed by atoms with Gasteiger partial charge in [-0.2, -0.15) is 0 Å². The van der Waals surface area contributed by atoms with Gasteiger partial charge < -0.3 is 18.9 Å². The number of carbonyl (C=O) groups excluding carboxylic acids is 1. The van der Waals surface area contributed by atoms with Crippen LogP contribution >= 0.6 is 7.60 Å². The van der Waals surface area contributed by atoms with E-state index < -0.39 is 25.3 Å². The van der Waals surface area contributed by atoms with Gasteiger partial charge in [0, 0.05) is 25.7 Å². The molecular weight excluding hydrogens is 307 g/mol. The Kier molecular flexibility index (Phi) is 7.26. The van der Waals surface area contributed by atoms with E-state index >= 15 is 0 Å². The summed E-state index contributed by atoms with van der Waals surface area (Å²) in [5.74, 6) is -0.627. The molecule has 22 heavy (non-hydrogen) atoms. The lowest BCUT2D eigenvalue weighted by molar-refractivity contribution is -0.138. The third kappa shape index (κ3) is 4.19. The summed E-state index contributed by atoms with van der Waals surface area (Å²) in [7, 11) is -0.806. The van der Waals surface area contributed by atoms with Gasteiger partial charge in [0.2, 0.25) is 0 Å². The van der Waals surface area contributed by atoms with E-state index in [1.165, 1.54) is 14.2 Å². The monoisotopic (exact) mass is 334 g/mol. The SMILES string of the molecule is CCOC(=O)C1=CC(C(O)C(C)C)CCC1P(=O)(OC)OC. The molecule has 0 aliphatic heterocycles. The number of hydrogen-bond donors (Lipinski definition) is 1. The lowest BCUT2D eigenvalue weighted by Gasteiger charge is -2.33. The molecule has 0 aromatic rings. The fraction of sp³-hybridized carbons (Fsp3) is 0.800. The number of carbonyl (C=O) groups is 1. The zero-order valence-corrected chi connectivity index (χ0v) is 14.8. The maximum Gasteiger partial charge on any atom is 0.337 e. The maximum atomic E-state index is 12.7. The minimum absolute atomic E-state index is 0.0675. The summed E-state index contributed by atoms with van der Waals surface area (Å²) in [6, 6.07) is 0. The van der Waals surface area contributed by atoms with Crippen molar-refractivity contribution < 1.29 is 28.3 Å². The summed E-state index contributed by atoms with van der Waals surface area (Å²) in [6.07, 6.45) is 2.18. The number of hydrogen-bond acceptors (Lipinski definition) is 6. The smallest absolute Gasteiger partial charge is 0.337 e. The number of aliphatic hydroxyl groups excluding tert-OH is 1. The Morgan fingerprint density at radius 1 is 1.36 bits per heavy atom. The van der Waals surface area contributed by atoms with E-state index in [2.05, 4.69) is 0 Å². The van der Waals surface area contributed by atoms with Gasteiger partial charge in [-0.1, -0.05) is 19.9 Å². The third-order valence-electron chi connectivity index (χ3n) is 4.05. The predicted octanol–water partition coefficient (Wildman–Crippen LogP) is 2.76. The fourth-order valence-electron chi connectivity index (χ4n) is 2.77. The molecule has 0 fully saturated rings. The second-order valence-corrected chi connectivity index (χ2v) is 8.17. The molecule has 6 nitrogen and oxygen atoms in total. The number of aliphatic hydroxyl groups is 1. The van der Waals surface area contributed by atoms with Crippen molar-refractivity contribution in [2.45, 2.75) is 45.4 Å². The Balaban J connectivity index is 3.17. The van der Waals surface area contributed by atoms with Crippen molar-refractivity contribution >= 4 is 13.6 Å². The molecule has 0 spiro atoms. The lowest BCUT2D eigenvalue weighted by Crippen LogP contribution is -2.33. The van der Waals surface area contributed by atoms with Crippen LogP contribution in [0.4, 0.5) is 0 Å². The molecule has 0 aromatic carbocycles. The first-order valence-electron chi connectivity index (χ1n) is 7.58. The van der Waals surface area contributed by atoms with Gasteiger partial charge in [-0.25, -0.2) is 4.79 Å². The Morgan fingerprint density at radius 3 is 2.41 bits per heavy atom. The molecule has 1 N–H and O–H groups in total. The van der Waals surface area contributed by atoms with Gasteiger partial charge in [0.1, 0.15) is 0 Å². The van der Waals surface area contributed by atoms with Crippen LogP contribution in [0.15, 0.2) is 11.6 Å². The normalized spacial score (nSPS) is 24.0. The second kappa shape index (κ2) is 8.25. The molecule has 0 amide bonds. The standard InChI is InChI=1S/C15H27O6P/c1-6-21-15(17)12-9-11(14(16)10(2)3)7-8-13(12)22(18,19-4)20-5/h9-11,13-14,16H,6-8H2,1-5H3. The molecule has 1 rings (SSSR count). The van der Waals surface area contributed by atoms with E-state index in [-0.39, 0.29) is 24.0 Å². The highest BCUT2D eigenvalue weighted by atomic mass is 31.2. The van der Waals surface area contributed by atoms with Crippen LogP contribution in [-0.4, -0.2) is 43.7 Å². The maximum absolute atomic E-state index is 12.7. The predicted molar refractivity (Wildman–Crippen MR) is 83.7 cm³/mol. The average Bonchev–Trinajstić information content (AvgIpc) is 2.52. The first-order valence-corrected chi connectivity index (χ1v) is 9.20. The van der Waals surface area contributed by atoms with E-state index in [0.29, 0.717) is 12.8 Å². The van der Waals surface area contributed by atoms with E-state index in [0.717, 1.165) is 0 Å². The van der Waals surface area contributed by atoms with Gasteiger partial charge >= 0.3 is 13.6 Å². The Morgan fingerprint density at radius 2 is 1.95 bits per heavy atom. The molecule has 0 saturated heterocycles. The molecule has 128 valence electrons. The van der Waals surface area contributed by atoms with Gasteiger partial charge in [0.05, 0.1) is 18.4 Å². The second-order valence-electron chi connectivity index (χ2n) is 5.74. The van der Waals surface area contributed by atoms with Crippen molar-refractivity contribution in [3.63, 3.8) is 0 Å². The van der Waals surface area contributed by atoms with E-state index in [1.807, 2.05) is 13.8 Å². The fourth-order valence-corrected chi connectivity index (χ4v) is 4.43. The topological polar surface area (TPSA) is 82.1 Å². The molecule has 0 saturated carbocycles. The van der Waals surface area contributed by atoms with Gasteiger partial charge in [-0.05, 0) is 25.7 Å². The summed E-state index contributed by atoms with van der Waals surface area (Å²) in [5, 5.41) is 10.3. The zero-order chi connectivity index (χ0) is 16.9. The van der Waals surface area contributed by atoms with Crippen molar-refractivity contribution in [3.8, 4) is 0 Å². The quantitative estimate of drug-likeness (QED) is 0.569. The van der Waals surface area contributed by atoms with Crippen molar-refractivity contribution in [2.75, 3.05) is 20.8 Å². The Labute approximate surface area is 132 Å². The molecule has 3 atom stereocenters. The van der Waals surface area contributed by atoms with E-state index in [1.54, 1.807) is 13.0 Å². The van der Waals surface area contributed by atoms with Crippen LogP contribution in [-0.2, 0) is 23.1 Å². The molecule has 0 aromatic heterocycles. The summed E-state index contributed by atoms with van der Waals surface area (Å²) in [4.78, 5) is 12.2. The summed E-state index contributed by atoms with van der Waals surface area (Å²) >= 11 is 0. The molecule has 1 aliphatic carbocycles. The van der Waals surface area contributed by atoms with Crippen molar-refractivity contribution in [3.05, 3.63) is 11.6 Å². The highest BCUT2D eigenvalue weighted by Crippen LogP contribution is 2.57. The molecule has 0 bridgehead atoms. The summed E-state index contributed by atoms with van der Waals surface area (Å²) in [5.41, 5.74) is -0.373. The van der Waals surface area contributed by atoms with E-state index in [4.69, 9.17) is 13.8 Å². The zero-order valence-electron chi connectivity index (χ0n) is 13.9. The molecule has 3 unspecified atom stereocenters. The van der Waals surface area contributed by atoms with Gasteiger partial charge in [0.25, 0.3) is 0 Å². The number of ether oxygens (including phenoxy) is 1. The largest absolute Gasteiger partial charge is 0.463 e. The van der Waals surface area contributed by atoms with Gasteiger partial charge in [-0.3, -0.25) is 4.57 Å². The van der Waals surface area contributed by atoms with Crippen LogP contribution in [0.5, 0.6) is 0 Å². The highest BCUT2D eigenvalue weighted by molar-refractivity contribution is 7.55. The molecular formula is C15H27O6P. The highest BCUT2D eigenvalue weighted by Gasteiger charge is 2.43. The van der Waals surface area contributed by atoms with Crippen LogP contribution in [0.25, 0.3) is 0 Å². The molecule has 0 heterocycles. The molecule has 7 heteroatoms. The number of esters is 1. The summed E-state index contributed by atoms with van der Waals surface area (Å²) in [6.45, 7) is 5.78.